The predicted molar refractivity (Wildman–Crippen MR) is 233 cm³/mol. The predicted octanol–water partition coefficient (Wildman–Crippen LogP) is 10.6. The van der Waals surface area contributed by atoms with E-state index in [1.807, 2.05) is 0 Å². The molecule has 4 nitrogen and oxygen atoms in total. The maximum Gasteiger partial charge on any atom is 0.252 e. The number of fused-ring (bicyclic) bond motifs is 7. The van der Waals surface area contributed by atoms with Crippen molar-refractivity contribution in [2.75, 3.05) is 4.90 Å². The smallest absolute Gasteiger partial charge is 0.252 e. The molecule has 55 heavy (non-hydrogen) atoms. The van der Waals surface area contributed by atoms with Crippen LogP contribution in [0, 0.1) is 20.8 Å². The minimum absolute atomic E-state index is 0.0412. The van der Waals surface area contributed by atoms with Crippen LogP contribution in [-0.2, 0) is 5.41 Å². The lowest BCUT2D eigenvalue weighted by molar-refractivity contribution is 0.590. The van der Waals surface area contributed by atoms with Crippen molar-refractivity contribution in [1.29, 1.82) is 0 Å². The quantitative estimate of drug-likeness (QED) is 0.171. The largest absolute Gasteiger partial charge is 0.311 e. The third kappa shape index (κ3) is 4.50. The zero-order chi connectivity index (χ0) is 37.3. The summed E-state index contributed by atoms with van der Waals surface area (Å²) in [6.45, 7) is 13.5. The number of benzene rings is 7. The maximum absolute atomic E-state index is 5.44. The van der Waals surface area contributed by atoms with E-state index in [2.05, 4.69) is 195 Å². The summed E-state index contributed by atoms with van der Waals surface area (Å²) in [5.74, 6) is 1.01. The Kier molecular flexibility index (Phi) is 6.63. The van der Waals surface area contributed by atoms with Crippen LogP contribution in [0.3, 0.4) is 0 Å². The van der Waals surface area contributed by atoms with Gasteiger partial charge in [0.1, 0.15) is 5.82 Å². The van der Waals surface area contributed by atoms with Crippen molar-refractivity contribution in [3.05, 3.63) is 162 Å². The number of nitrogens with zero attached hydrogens (tertiary/aromatic N) is 4. The number of rotatable bonds is 3. The molecule has 264 valence electrons. The van der Waals surface area contributed by atoms with Crippen LogP contribution in [0.1, 0.15) is 43.0 Å². The average Bonchev–Trinajstić information content (AvgIpc) is 3.72. The summed E-state index contributed by atoms with van der Waals surface area (Å²) in [6.07, 6.45) is 0. The number of para-hydroxylation sites is 3. The van der Waals surface area contributed by atoms with E-state index < -0.39 is 0 Å². The highest BCUT2D eigenvalue weighted by Crippen LogP contribution is 2.43. The van der Waals surface area contributed by atoms with Gasteiger partial charge in [-0.25, -0.2) is 4.98 Å². The monoisotopic (exact) mass is 708 g/mol. The van der Waals surface area contributed by atoms with Crippen LogP contribution >= 0.6 is 0 Å². The second kappa shape index (κ2) is 11.3. The van der Waals surface area contributed by atoms with E-state index in [1.54, 1.807) is 0 Å². The molecule has 0 bridgehead atoms. The lowest BCUT2D eigenvalue weighted by Gasteiger charge is -2.40. The van der Waals surface area contributed by atoms with E-state index >= 15 is 0 Å². The molecule has 4 heterocycles. The fourth-order valence-electron chi connectivity index (χ4n) is 9.85. The molecular formula is C50H41BN4. The van der Waals surface area contributed by atoms with Crippen LogP contribution in [0.5, 0.6) is 0 Å². The number of aryl methyl sites for hydroxylation is 3. The van der Waals surface area contributed by atoms with Gasteiger partial charge < -0.3 is 9.47 Å². The number of aromatic nitrogens is 3. The molecule has 2 aliphatic heterocycles. The normalized spacial score (nSPS) is 13.2. The van der Waals surface area contributed by atoms with Crippen LogP contribution in [0.2, 0.25) is 0 Å². The first-order valence-corrected chi connectivity index (χ1v) is 19.4. The third-order valence-electron chi connectivity index (χ3n) is 12.1. The molecule has 0 saturated carbocycles. The second-order valence-corrected chi connectivity index (χ2v) is 16.6. The van der Waals surface area contributed by atoms with Gasteiger partial charge >= 0.3 is 0 Å². The topological polar surface area (TPSA) is 26.0 Å². The number of hydrogen-bond donors (Lipinski definition) is 0. The molecule has 11 rings (SSSR count). The second-order valence-electron chi connectivity index (χ2n) is 16.6. The van der Waals surface area contributed by atoms with E-state index in [4.69, 9.17) is 4.98 Å². The zero-order valence-electron chi connectivity index (χ0n) is 32.1. The van der Waals surface area contributed by atoms with Crippen molar-refractivity contribution in [2.45, 2.75) is 47.0 Å². The Bertz CT molecular complexity index is 2990. The van der Waals surface area contributed by atoms with Gasteiger partial charge in [-0.3, -0.25) is 4.57 Å². The highest BCUT2D eigenvalue weighted by Gasteiger charge is 2.42. The minimum atomic E-state index is 0.0412. The van der Waals surface area contributed by atoms with Gasteiger partial charge in [0.2, 0.25) is 0 Å². The van der Waals surface area contributed by atoms with Crippen LogP contribution in [0.4, 0.5) is 17.1 Å². The summed E-state index contributed by atoms with van der Waals surface area (Å²) in [4.78, 5) is 7.95. The lowest BCUT2D eigenvalue weighted by atomic mass is 9.34. The summed E-state index contributed by atoms with van der Waals surface area (Å²) < 4.78 is 4.90. The Morgan fingerprint density at radius 1 is 0.545 bits per heavy atom. The zero-order valence-corrected chi connectivity index (χ0v) is 32.1. The summed E-state index contributed by atoms with van der Waals surface area (Å²) in [5, 5.41) is 2.53. The van der Waals surface area contributed by atoms with Crippen molar-refractivity contribution in [3.8, 4) is 22.8 Å². The van der Waals surface area contributed by atoms with Gasteiger partial charge in [-0.05, 0) is 114 Å². The van der Waals surface area contributed by atoms with Gasteiger partial charge in [0.05, 0.1) is 22.1 Å². The van der Waals surface area contributed by atoms with Gasteiger partial charge in [0.15, 0.2) is 0 Å². The number of anilines is 3. The first-order valence-electron chi connectivity index (χ1n) is 19.4. The van der Waals surface area contributed by atoms with Crippen LogP contribution in [0.25, 0.3) is 55.6 Å². The third-order valence-corrected chi connectivity index (χ3v) is 12.1. The molecular weight excluding hydrogens is 667 g/mol. The van der Waals surface area contributed by atoms with Gasteiger partial charge in [0.25, 0.3) is 6.71 Å². The molecule has 0 N–H and O–H groups in total. The molecule has 5 heteroatoms. The Morgan fingerprint density at radius 2 is 1.18 bits per heavy atom. The lowest BCUT2D eigenvalue weighted by Crippen LogP contribution is -2.60. The molecule has 0 fully saturated rings. The SMILES string of the molecule is Cc1cc(C)c(-c2nc3cccc4c3n2-c2cccc3c2B4c2ccc(-n4c5ccccc5c5ccccc54)cc2N3c2ccc(C(C)(C)C)cc2)c(C)c1. The molecule has 2 aliphatic rings. The van der Waals surface area contributed by atoms with E-state index in [1.165, 1.54) is 88.6 Å². The first kappa shape index (κ1) is 32.1. The van der Waals surface area contributed by atoms with Crippen LogP contribution in [0.15, 0.2) is 140 Å². The van der Waals surface area contributed by atoms with Crippen molar-refractivity contribution in [1.82, 2.24) is 14.1 Å². The molecule has 0 aliphatic carbocycles. The Hall–Kier alpha value is -6.33. The van der Waals surface area contributed by atoms with E-state index in [-0.39, 0.29) is 12.1 Å². The van der Waals surface area contributed by atoms with E-state index in [0.717, 1.165) is 22.7 Å². The maximum atomic E-state index is 5.44. The molecule has 2 aromatic heterocycles. The number of imidazole rings is 1. The molecule has 7 aromatic carbocycles. The fourth-order valence-corrected chi connectivity index (χ4v) is 9.85. The highest BCUT2D eigenvalue weighted by molar-refractivity contribution is 7.00. The van der Waals surface area contributed by atoms with Crippen molar-refractivity contribution in [3.63, 3.8) is 0 Å². The van der Waals surface area contributed by atoms with E-state index in [0.29, 0.717) is 0 Å². The fraction of sp³-hybridized carbons (Fsp3) is 0.140. The van der Waals surface area contributed by atoms with Crippen LogP contribution < -0.4 is 21.3 Å². The number of hydrogen-bond acceptors (Lipinski definition) is 2. The van der Waals surface area contributed by atoms with Crippen molar-refractivity contribution < 1.29 is 0 Å². The van der Waals surface area contributed by atoms with Crippen molar-refractivity contribution in [2.24, 2.45) is 0 Å². The van der Waals surface area contributed by atoms with E-state index in [9.17, 15) is 0 Å². The molecule has 0 spiro atoms. The minimum Gasteiger partial charge on any atom is -0.311 e. The molecule has 0 atom stereocenters. The van der Waals surface area contributed by atoms with Crippen molar-refractivity contribution >= 4 is 73.0 Å². The van der Waals surface area contributed by atoms with Gasteiger partial charge in [-0.2, -0.15) is 0 Å². The molecule has 0 unspecified atom stereocenters. The molecule has 0 radical (unpaired) electrons. The summed E-state index contributed by atoms with van der Waals surface area (Å²) in [6, 6.07) is 52.1. The Morgan fingerprint density at radius 3 is 1.87 bits per heavy atom. The summed E-state index contributed by atoms with van der Waals surface area (Å²) >= 11 is 0. The first-order chi connectivity index (χ1) is 26.7. The molecule has 9 aromatic rings. The summed E-state index contributed by atoms with van der Waals surface area (Å²) in [7, 11) is 0. The average molecular weight is 709 g/mol. The van der Waals surface area contributed by atoms with Gasteiger partial charge in [-0.1, -0.05) is 111 Å². The Balaban J connectivity index is 1.22. The molecule has 0 saturated heterocycles. The highest BCUT2D eigenvalue weighted by atomic mass is 15.2. The standard InChI is InChI=1S/C50H41BN4/c1-30-27-31(2)46(32(3)28-30)49-52-40-16-11-15-39-48(40)55(49)44-20-12-19-43-47(44)51(39)38-26-25-35(29-45(38)53(43)34-23-21-33(22-24-34)50(4,5)6)54-41-17-9-7-13-36(41)37-14-8-10-18-42(37)54/h7-29H,1-6H3. The van der Waals surface area contributed by atoms with Gasteiger partial charge in [-0.15, -0.1) is 0 Å². The molecule has 0 amide bonds. The van der Waals surface area contributed by atoms with Crippen LogP contribution in [-0.4, -0.2) is 20.8 Å². The summed E-state index contributed by atoms with van der Waals surface area (Å²) in [5.41, 5.74) is 20.9. The Labute approximate surface area is 322 Å². The van der Waals surface area contributed by atoms with Gasteiger partial charge in [0, 0.05) is 44.8 Å².